The van der Waals surface area contributed by atoms with Crippen molar-refractivity contribution in [2.75, 3.05) is 25.4 Å². The molecule has 0 aromatic carbocycles. The Balaban J connectivity index is 2.45. The molecule has 0 saturated carbocycles. The molecule has 2 aromatic rings. The number of fused-ring (bicyclic) bond motifs is 1. The molecule has 0 saturated heterocycles. The van der Waals surface area contributed by atoms with E-state index in [1.54, 1.807) is 11.3 Å². The first-order valence-corrected chi connectivity index (χ1v) is 7.69. The Bertz CT molecular complexity index is 611. The lowest BCUT2D eigenvalue weighted by atomic mass is 10.2. The number of aliphatic hydroxyl groups is 1. The van der Waals surface area contributed by atoms with Crippen LogP contribution < -0.4 is 5.73 Å². The van der Waals surface area contributed by atoms with Crippen LogP contribution >= 0.6 is 11.3 Å². The van der Waals surface area contributed by atoms with Gasteiger partial charge in [0.25, 0.3) is 0 Å². The van der Waals surface area contributed by atoms with E-state index in [1.165, 1.54) is 10.4 Å². The molecule has 0 aliphatic rings. The number of hydrogen-bond donors (Lipinski definition) is 2. The largest absolute Gasteiger partial charge is 0.395 e. The molecule has 20 heavy (non-hydrogen) atoms. The molecule has 1 atom stereocenters. The minimum atomic E-state index is 0.0431. The first-order valence-electron chi connectivity index (χ1n) is 6.87. The first-order chi connectivity index (χ1) is 9.49. The highest BCUT2D eigenvalue weighted by atomic mass is 32.1. The number of hydrogen-bond acceptors (Lipinski definition) is 6. The molecule has 0 fully saturated rings. The van der Waals surface area contributed by atoms with Gasteiger partial charge in [-0.2, -0.15) is 0 Å². The molecule has 0 aliphatic heterocycles. The Labute approximate surface area is 123 Å². The summed E-state index contributed by atoms with van der Waals surface area (Å²) in [6.45, 7) is 9.83. The highest BCUT2D eigenvalue weighted by Crippen LogP contribution is 2.33. The Kier molecular flexibility index (Phi) is 4.57. The zero-order chi connectivity index (χ0) is 14.9. The molecule has 2 heterocycles. The van der Waals surface area contributed by atoms with Gasteiger partial charge in [-0.3, -0.25) is 4.90 Å². The van der Waals surface area contributed by atoms with Crippen LogP contribution in [0.3, 0.4) is 0 Å². The number of aryl methyl sites for hydroxylation is 2. The maximum absolute atomic E-state index is 9.12. The number of nitrogen functional groups attached to an aromatic ring is 1. The Morgan fingerprint density at radius 2 is 2.05 bits per heavy atom. The fourth-order valence-corrected chi connectivity index (χ4v) is 3.45. The summed E-state index contributed by atoms with van der Waals surface area (Å²) in [5, 5.41) is 10.1. The average molecular weight is 294 g/mol. The van der Waals surface area contributed by atoms with E-state index in [4.69, 9.17) is 10.8 Å². The van der Waals surface area contributed by atoms with Crippen LogP contribution in [-0.2, 0) is 0 Å². The van der Waals surface area contributed by atoms with Gasteiger partial charge in [-0.05, 0) is 32.9 Å². The van der Waals surface area contributed by atoms with Crippen molar-refractivity contribution >= 4 is 27.4 Å². The molecule has 0 bridgehead atoms. The van der Waals surface area contributed by atoms with Gasteiger partial charge in [-0.1, -0.05) is 6.92 Å². The number of thiophene rings is 1. The van der Waals surface area contributed by atoms with Crippen LogP contribution in [0.5, 0.6) is 0 Å². The molecular formula is C14H22N4OS. The van der Waals surface area contributed by atoms with E-state index < -0.39 is 0 Å². The van der Waals surface area contributed by atoms with Gasteiger partial charge < -0.3 is 10.8 Å². The second kappa shape index (κ2) is 6.03. The van der Waals surface area contributed by atoms with Crippen LogP contribution in [0.4, 0.5) is 5.82 Å². The van der Waals surface area contributed by atoms with E-state index >= 15 is 0 Å². The van der Waals surface area contributed by atoms with Crippen LogP contribution in [0, 0.1) is 13.8 Å². The molecule has 0 spiro atoms. The third-order valence-corrected chi connectivity index (χ3v) is 4.89. The standard InChI is InChI=1S/C14H22N4OS/c1-5-18(6-7-19)9(3)13-16-12(15)11-8(2)10(4)20-14(11)17-13/h9,19H,5-7H2,1-4H3,(H2,15,16,17). The lowest BCUT2D eigenvalue weighted by molar-refractivity contribution is 0.161. The zero-order valence-electron chi connectivity index (χ0n) is 12.5. The number of aromatic nitrogens is 2. The van der Waals surface area contributed by atoms with Gasteiger partial charge in [0, 0.05) is 11.4 Å². The van der Waals surface area contributed by atoms with E-state index in [0.717, 1.165) is 22.6 Å². The van der Waals surface area contributed by atoms with Crippen LogP contribution in [0.1, 0.15) is 36.2 Å². The van der Waals surface area contributed by atoms with Crippen LogP contribution in [0.2, 0.25) is 0 Å². The van der Waals surface area contributed by atoms with Crippen molar-refractivity contribution < 1.29 is 5.11 Å². The molecule has 0 aliphatic carbocycles. The van der Waals surface area contributed by atoms with Crippen molar-refractivity contribution in [3.05, 3.63) is 16.3 Å². The van der Waals surface area contributed by atoms with Gasteiger partial charge in [-0.25, -0.2) is 9.97 Å². The SMILES string of the molecule is CCN(CCO)C(C)c1nc(N)c2c(C)c(C)sc2n1. The lowest BCUT2D eigenvalue weighted by Crippen LogP contribution is -2.30. The summed E-state index contributed by atoms with van der Waals surface area (Å²) in [6.07, 6.45) is 0. The maximum Gasteiger partial charge on any atom is 0.149 e. The van der Waals surface area contributed by atoms with Gasteiger partial charge in [0.2, 0.25) is 0 Å². The van der Waals surface area contributed by atoms with Crippen molar-refractivity contribution in [3.63, 3.8) is 0 Å². The first kappa shape index (κ1) is 15.2. The lowest BCUT2D eigenvalue weighted by Gasteiger charge is -2.25. The molecular weight excluding hydrogens is 272 g/mol. The molecule has 0 amide bonds. The molecule has 6 heteroatoms. The van der Waals surface area contributed by atoms with Gasteiger partial charge >= 0.3 is 0 Å². The van der Waals surface area contributed by atoms with E-state index in [-0.39, 0.29) is 12.6 Å². The smallest absolute Gasteiger partial charge is 0.149 e. The number of anilines is 1. The van der Waals surface area contributed by atoms with Crippen molar-refractivity contribution in [1.82, 2.24) is 14.9 Å². The van der Waals surface area contributed by atoms with Crippen LogP contribution in [0.25, 0.3) is 10.2 Å². The molecule has 0 radical (unpaired) electrons. The quantitative estimate of drug-likeness (QED) is 0.884. The van der Waals surface area contributed by atoms with E-state index in [1.807, 2.05) is 6.92 Å². The highest BCUT2D eigenvalue weighted by Gasteiger charge is 2.20. The van der Waals surface area contributed by atoms with Crippen molar-refractivity contribution in [1.29, 1.82) is 0 Å². The predicted molar refractivity (Wildman–Crippen MR) is 84.0 cm³/mol. The van der Waals surface area contributed by atoms with E-state index in [0.29, 0.717) is 12.4 Å². The van der Waals surface area contributed by atoms with Crippen molar-refractivity contribution in [2.24, 2.45) is 0 Å². The fraction of sp³-hybridized carbons (Fsp3) is 0.571. The summed E-state index contributed by atoms with van der Waals surface area (Å²) in [5.41, 5.74) is 7.28. The molecule has 2 aromatic heterocycles. The Morgan fingerprint density at radius 3 is 2.65 bits per heavy atom. The van der Waals surface area contributed by atoms with Crippen molar-refractivity contribution in [3.8, 4) is 0 Å². The number of aliphatic hydroxyl groups excluding tert-OH is 1. The summed E-state index contributed by atoms with van der Waals surface area (Å²) in [7, 11) is 0. The topological polar surface area (TPSA) is 75.3 Å². The molecule has 2 rings (SSSR count). The van der Waals surface area contributed by atoms with Gasteiger partial charge in [0.1, 0.15) is 16.5 Å². The maximum atomic E-state index is 9.12. The zero-order valence-corrected chi connectivity index (χ0v) is 13.3. The third-order valence-electron chi connectivity index (χ3n) is 3.79. The summed E-state index contributed by atoms with van der Waals surface area (Å²) in [4.78, 5) is 13.5. The highest BCUT2D eigenvalue weighted by molar-refractivity contribution is 7.18. The summed E-state index contributed by atoms with van der Waals surface area (Å²) in [6, 6.07) is 0.0431. The fourth-order valence-electron chi connectivity index (χ4n) is 2.40. The predicted octanol–water partition coefficient (Wildman–Crippen LogP) is 2.27. The molecule has 110 valence electrons. The van der Waals surface area contributed by atoms with Crippen LogP contribution in [-0.4, -0.2) is 39.7 Å². The number of rotatable bonds is 5. The number of nitrogens with zero attached hydrogens (tertiary/aromatic N) is 3. The van der Waals surface area contributed by atoms with E-state index in [2.05, 4.69) is 35.6 Å². The van der Waals surface area contributed by atoms with Gasteiger partial charge in [0.05, 0.1) is 18.0 Å². The minimum absolute atomic E-state index is 0.0431. The summed E-state index contributed by atoms with van der Waals surface area (Å²) in [5.74, 6) is 1.28. The second-order valence-corrected chi connectivity index (χ2v) is 6.16. The third kappa shape index (κ3) is 2.63. The Morgan fingerprint density at radius 1 is 1.35 bits per heavy atom. The van der Waals surface area contributed by atoms with Crippen LogP contribution in [0.15, 0.2) is 0 Å². The van der Waals surface area contributed by atoms with Gasteiger partial charge in [0.15, 0.2) is 0 Å². The average Bonchev–Trinajstić information content (AvgIpc) is 2.71. The Hall–Kier alpha value is -1.24. The monoisotopic (exact) mass is 294 g/mol. The number of nitrogens with two attached hydrogens (primary N) is 1. The summed E-state index contributed by atoms with van der Waals surface area (Å²) >= 11 is 1.66. The molecule has 3 N–H and O–H groups in total. The van der Waals surface area contributed by atoms with E-state index in [9.17, 15) is 0 Å². The summed E-state index contributed by atoms with van der Waals surface area (Å²) < 4.78 is 0. The second-order valence-electron chi connectivity index (χ2n) is 4.96. The van der Waals surface area contributed by atoms with Crippen molar-refractivity contribution in [2.45, 2.75) is 33.7 Å². The normalized spacial score (nSPS) is 13.3. The minimum Gasteiger partial charge on any atom is -0.395 e. The number of likely N-dealkylation sites (N-methyl/N-ethyl adjacent to an activating group) is 1. The molecule has 5 nitrogen and oxygen atoms in total. The molecule has 1 unspecified atom stereocenters. The van der Waals surface area contributed by atoms with Gasteiger partial charge in [-0.15, -0.1) is 11.3 Å².